The van der Waals surface area contributed by atoms with Gasteiger partial charge in [0, 0.05) is 0 Å². The predicted molar refractivity (Wildman–Crippen MR) is 72.8 cm³/mol. The predicted octanol–water partition coefficient (Wildman–Crippen LogP) is 3.61. The average Bonchev–Trinajstić information content (AvgIpc) is 2.71. The maximum Gasteiger partial charge on any atom is 0.303 e. The molecule has 2 rings (SSSR count). The number of hydrogen-bond acceptors (Lipinski definition) is 1. The Hall–Kier alpha value is -1.31. The minimum absolute atomic E-state index is 0.120. The topological polar surface area (TPSA) is 37.3 Å². The van der Waals surface area contributed by atoms with E-state index in [1.165, 1.54) is 36.0 Å². The number of fused-ring (bicyclic) bond motifs is 1. The molecule has 0 fully saturated rings. The van der Waals surface area contributed by atoms with E-state index in [1.54, 1.807) is 0 Å². The Balaban J connectivity index is 1.96. The fourth-order valence-corrected chi connectivity index (χ4v) is 2.76. The smallest absolute Gasteiger partial charge is 0.303 e. The van der Waals surface area contributed by atoms with Crippen molar-refractivity contribution < 1.29 is 9.90 Å². The van der Waals surface area contributed by atoms with Crippen LogP contribution in [-0.4, -0.2) is 11.1 Å². The lowest BCUT2D eigenvalue weighted by Crippen LogP contribution is -2.17. The first-order valence-electron chi connectivity index (χ1n) is 6.79. The summed E-state index contributed by atoms with van der Waals surface area (Å²) < 4.78 is 0. The highest BCUT2D eigenvalue weighted by molar-refractivity contribution is 5.67. The van der Waals surface area contributed by atoms with Gasteiger partial charge in [-0.3, -0.25) is 4.79 Å². The van der Waals surface area contributed by atoms with Gasteiger partial charge in [0.1, 0.15) is 0 Å². The van der Waals surface area contributed by atoms with Crippen molar-refractivity contribution in [2.24, 2.45) is 5.41 Å². The number of rotatable bonds is 5. The lowest BCUT2D eigenvalue weighted by Gasteiger charge is -2.22. The maximum absolute atomic E-state index is 10.8. The zero-order valence-corrected chi connectivity index (χ0v) is 11.3. The summed E-state index contributed by atoms with van der Waals surface area (Å²) in [5.74, 6) is -0.700. The van der Waals surface area contributed by atoms with Gasteiger partial charge in [-0.2, -0.15) is 0 Å². The van der Waals surface area contributed by atoms with Crippen molar-refractivity contribution in [1.82, 2.24) is 0 Å². The largest absolute Gasteiger partial charge is 0.481 e. The first-order chi connectivity index (χ1) is 8.46. The van der Waals surface area contributed by atoms with Crippen LogP contribution in [0, 0.1) is 5.41 Å². The molecule has 0 bridgehead atoms. The van der Waals surface area contributed by atoms with Crippen molar-refractivity contribution in [2.45, 2.75) is 52.4 Å². The molecule has 0 saturated heterocycles. The van der Waals surface area contributed by atoms with E-state index in [-0.39, 0.29) is 11.8 Å². The fourth-order valence-electron chi connectivity index (χ4n) is 2.76. The van der Waals surface area contributed by atoms with Crippen LogP contribution in [-0.2, 0) is 24.1 Å². The Bertz CT molecular complexity index is 446. The van der Waals surface area contributed by atoms with Crippen molar-refractivity contribution in [3.63, 3.8) is 0 Å². The van der Waals surface area contributed by atoms with Gasteiger partial charge < -0.3 is 5.11 Å². The van der Waals surface area contributed by atoms with Gasteiger partial charge in [0.05, 0.1) is 6.42 Å². The molecule has 1 aromatic carbocycles. The SMILES string of the molecule is CC(C)(CCc1ccc2c(c1)CCC2)CC(=O)O. The lowest BCUT2D eigenvalue weighted by atomic mass is 9.83. The van der Waals surface area contributed by atoms with E-state index in [1.807, 2.05) is 13.8 Å². The monoisotopic (exact) mass is 246 g/mol. The Morgan fingerprint density at radius 1 is 1.28 bits per heavy atom. The summed E-state index contributed by atoms with van der Waals surface area (Å²) in [6.07, 6.45) is 5.87. The summed E-state index contributed by atoms with van der Waals surface area (Å²) in [7, 11) is 0. The molecule has 1 aliphatic carbocycles. The molecule has 0 saturated carbocycles. The van der Waals surface area contributed by atoms with E-state index >= 15 is 0 Å². The van der Waals surface area contributed by atoms with Crippen molar-refractivity contribution >= 4 is 5.97 Å². The van der Waals surface area contributed by atoms with E-state index in [0.717, 1.165) is 12.8 Å². The van der Waals surface area contributed by atoms with Crippen LogP contribution in [0.5, 0.6) is 0 Å². The zero-order valence-electron chi connectivity index (χ0n) is 11.3. The van der Waals surface area contributed by atoms with Gasteiger partial charge in [-0.15, -0.1) is 0 Å². The molecular formula is C16H22O2. The molecule has 0 heterocycles. The molecular weight excluding hydrogens is 224 g/mol. The number of carbonyl (C=O) groups is 1. The van der Waals surface area contributed by atoms with E-state index < -0.39 is 5.97 Å². The molecule has 18 heavy (non-hydrogen) atoms. The fraction of sp³-hybridized carbons (Fsp3) is 0.562. The van der Waals surface area contributed by atoms with E-state index in [0.29, 0.717) is 0 Å². The molecule has 0 radical (unpaired) electrons. The Morgan fingerprint density at radius 2 is 2.00 bits per heavy atom. The number of aryl methyl sites for hydroxylation is 3. The standard InChI is InChI=1S/C16H22O2/c1-16(2,11-15(17)18)9-8-12-6-7-13-4-3-5-14(13)10-12/h6-7,10H,3-5,8-9,11H2,1-2H3,(H,17,18). The van der Waals surface area contributed by atoms with Crippen molar-refractivity contribution in [1.29, 1.82) is 0 Å². The van der Waals surface area contributed by atoms with Crippen LogP contribution in [0.25, 0.3) is 0 Å². The minimum Gasteiger partial charge on any atom is -0.481 e. The van der Waals surface area contributed by atoms with Gasteiger partial charge in [0.25, 0.3) is 0 Å². The quantitative estimate of drug-likeness (QED) is 0.861. The van der Waals surface area contributed by atoms with E-state index in [9.17, 15) is 4.79 Å². The zero-order chi connectivity index (χ0) is 13.2. The molecule has 0 aliphatic heterocycles. The normalized spacial score (nSPS) is 14.6. The second-order valence-corrected chi connectivity index (χ2v) is 6.19. The molecule has 0 aromatic heterocycles. The highest BCUT2D eigenvalue weighted by atomic mass is 16.4. The summed E-state index contributed by atoms with van der Waals surface area (Å²) in [6, 6.07) is 6.78. The van der Waals surface area contributed by atoms with Crippen molar-refractivity contribution in [2.75, 3.05) is 0 Å². The summed E-state index contributed by atoms with van der Waals surface area (Å²) in [5, 5.41) is 8.87. The highest BCUT2D eigenvalue weighted by Crippen LogP contribution is 2.28. The number of carboxylic acids is 1. The summed E-state index contributed by atoms with van der Waals surface area (Å²) in [6.45, 7) is 4.07. The molecule has 0 unspecified atom stereocenters. The third-order valence-corrected chi connectivity index (χ3v) is 3.88. The summed E-state index contributed by atoms with van der Waals surface area (Å²) in [4.78, 5) is 10.8. The van der Waals surface area contributed by atoms with Gasteiger partial charge in [0.15, 0.2) is 0 Å². The minimum atomic E-state index is -0.700. The van der Waals surface area contributed by atoms with Gasteiger partial charge in [0.2, 0.25) is 0 Å². The molecule has 0 amide bonds. The van der Waals surface area contributed by atoms with E-state index in [4.69, 9.17) is 5.11 Å². The maximum atomic E-state index is 10.8. The Kier molecular flexibility index (Phi) is 3.74. The second kappa shape index (κ2) is 5.13. The van der Waals surface area contributed by atoms with Gasteiger partial charge in [-0.25, -0.2) is 0 Å². The van der Waals surface area contributed by atoms with Gasteiger partial charge >= 0.3 is 5.97 Å². The third-order valence-electron chi connectivity index (χ3n) is 3.88. The van der Waals surface area contributed by atoms with Gasteiger partial charge in [-0.1, -0.05) is 32.0 Å². The first kappa shape index (κ1) is 13.1. The summed E-state index contributed by atoms with van der Waals surface area (Å²) >= 11 is 0. The molecule has 2 heteroatoms. The van der Waals surface area contributed by atoms with Crippen molar-refractivity contribution in [3.8, 4) is 0 Å². The molecule has 98 valence electrons. The van der Waals surface area contributed by atoms with Crippen LogP contribution in [0.1, 0.15) is 49.8 Å². The van der Waals surface area contributed by atoms with Crippen LogP contribution in [0.2, 0.25) is 0 Å². The Labute approximate surface area is 109 Å². The third kappa shape index (κ3) is 3.34. The van der Waals surface area contributed by atoms with Crippen LogP contribution in [0.3, 0.4) is 0 Å². The van der Waals surface area contributed by atoms with Crippen LogP contribution in [0.4, 0.5) is 0 Å². The Morgan fingerprint density at radius 3 is 2.72 bits per heavy atom. The van der Waals surface area contributed by atoms with Crippen molar-refractivity contribution in [3.05, 3.63) is 34.9 Å². The molecule has 1 aliphatic rings. The van der Waals surface area contributed by atoms with E-state index in [2.05, 4.69) is 18.2 Å². The number of hydrogen-bond donors (Lipinski definition) is 1. The number of aliphatic carboxylic acids is 1. The first-order valence-corrected chi connectivity index (χ1v) is 6.79. The second-order valence-electron chi connectivity index (χ2n) is 6.19. The van der Waals surface area contributed by atoms with Gasteiger partial charge in [-0.05, 0) is 54.2 Å². The van der Waals surface area contributed by atoms with Crippen LogP contribution < -0.4 is 0 Å². The summed E-state index contributed by atoms with van der Waals surface area (Å²) in [5.41, 5.74) is 4.24. The molecule has 0 atom stereocenters. The lowest BCUT2D eigenvalue weighted by molar-refractivity contribution is -0.139. The molecule has 1 aromatic rings. The average molecular weight is 246 g/mol. The van der Waals surface area contributed by atoms with Crippen LogP contribution in [0.15, 0.2) is 18.2 Å². The highest BCUT2D eigenvalue weighted by Gasteiger charge is 2.21. The molecule has 1 N–H and O–H groups in total. The van der Waals surface area contributed by atoms with Crippen LogP contribution >= 0.6 is 0 Å². The number of benzene rings is 1. The number of carboxylic acid groups (broad SMARTS) is 1. The molecule has 2 nitrogen and oxygen atoms in total. The molecule has 0 spiro atoms.